The molecule has 0 aromatic rings. The van der Waals surface area contributed by atoms with Crippen molar-refractivity contribution >= 4 is 17.9 Å². The fraction of sp³-hybridized carbons (Fsp3) is 0.952. The topological polar surface area (TPSA) is 78.9 Å². The molecule has 0 saturated heterocycles. The zero-order valence-corrected chi connectivity index (χ0v) is 47.6. The standard InChI is InChI=1S/C63H122O6/c1-57(2)49-43-37-31-25-19-15-11-7-9-13-17-21-28-34-40-46-52-61(64)67-55-60(56-68-62(65)53-47-41-35-29-24-23-27-33-39-45-51-59(5)6)69-63(66)54-48-42-36-30-22-18-14-10-8-12-16-20-26-32-38-44-50-58(3)4/h57-60H,7-56H2,1-6H3/t60-/m0/s1. The molecule has 0 bridgehead atoms. The van der Waals surface area contributed by atoms with E-state index in [4.69, 9.17) is 14.2 Å². The van der Waals surface area contributed by atoms with E-state index >= 15 is 0 Å². The second-order valence-corrected chi connectivity index (χ2v) is 23.1. The maximum absolute atomic E-state index is 12.9. The second kappa shape index (κ2) is 54.2. The minimum absolute atomic E-state index is 0.0629. The van der Waals surface area contributed by atoms with E-state index in [1.54, 1.807) is 0 Å². The molecule has 0 spiro atoms. The molecule has 1 atom stereocenters. The molecule has 6 nitrogen and oxygen atoms in total. The van der Waals surface area contributed by atoms with Gasteiger partial charge in [0.05, 0.1) is 0 Å². The van der Waals surface area contributed by atoms with Gasteiger partial charge in [0.1, 0.15) is 13.2 Å². The van der Waals surface area contributed by atoms with Crippen LogP contribution in [-0.4, -0.2) is 37.2 Å². The lowest BCUT2D eigenvalue weighted by atomic mass is 10.0. The molecular formula is C63H122O6. The van der Waals surface area contributed by atoms with Crippen molar-refractivity contribution in [3.05, 3.63) is 0 Å². The van der Waals surface area contributed by atoms with Gasteiger partial charge in [0, 0.05) is 19.3 Å². The summed E-state index contributed by atoms with van der Waals surface area (Å²) in [6, 6.07) is 0. The smallest absolute Gasteiger partial charge is 0.306 e. The van der Waals surface area contributed by atoms with Crippen LogP contribution in [0.1, 0.15) is 350 Å². The molecular weight excluding hydrogens is 853 g/mol. The van der Waals surface area contributed by atoms with Crippen molar-refractivity contribution in [2.45, 2.75) is 356 Å². The predicted octanol–water partition coefficient (Wildman–Crippen LogP) is 20.7. The summed E-state index contributed by atoms with van der Waals surface area (Å²) < 4.78 is 16.9. The van der Waals surface area contributed by atoms with Crippen LogP contribution in [-0.2, 0) is 28.6 Å². The van der Waals surface area contributed by atoms with E-state index in [-0.39, 0.29) is 31.1 Å². The summed E-state index contributed by atoms with van der Waals surface area (Å²) in [6.07, 6.45) is 58.2. The number of ether oxygens (including phenoxy) is 3. The van der Waals surface area contributed by atoms with Gasteiger partial charge in [0.2, 0.25) is 0 Å². The molecule has 410 valence electrons. The van der Waals surface area contributed by atoms with Crippen LogP contribution in [0, 0.1) is 17.8 Å². The summed E-state index contributed by atoms with van der Waals surface area (Å²) in [5, 5.41) is 0. The van der Waals surface area contributed by atoms with Gasteiger partial charge in [-0.15, -0.1) is 0 Å². The third-order valence-electron chi connectivity index (χ3n) is 14.4. The molecule has 6 heteroatoms. The van der Waals surface area contributed by atoms with Crippen LogP contribution in [0.4, 0.5) is 0 Å². The minimum atomic E-state index is -0.764. The van der Waals surface area contributed by atoms with E-state index in [2.05, 4.69) is 41.5 Å². The Hall–Kier alpha value is -1.59. The first-order valence-electron chi connectivity index (χ1n) is 31.1. The first kappa shape index (κ1) is 67.4. The molecule has 0 heterocycles. The van der Waals surface area contributed by atoms with Gasteiger partial charge < -0.3 is 14.2 Å². The van der Waals surface area contributed by atoms with Crippen molar-refractivity contribution < 1.29 is 28.6 Å². The molecule has 0 aliphatic carbocycles. The van der Waals surface area contributed by atoms with E-state index < -0.39 is 6.10 Å². The molecule has 69 heavy (non-hydrogen) atoms. The summed E-state index contributed by atoms with van der Waals surface area (Å²) in [5.41, 5.74) is 0. The van der Waals surface area contributed by atoms with E-state index in [0.717, 1.165) is 75.5 Å². The Morgan fingerprint density at radius 3 is 0.623 bits per heavy atom. The zero-order valence-electron chi connectivity index (χ0n) is 47.6. The predicted molar refractivity (Wildman–Crippen MR) is 298 cm³/mol. The fourth-order valence-electron chi connectivity index (χ4n) is 9.71. The summed E-state index contributed by atoms with van der Waals surface area (Å²) in [5.74, 6) is 1.68. The summed E-state index contributed by atoms with van der Waals surface area (Å²) in [6.45, 7) is 13.8. The van der Waals surface area contributed by atoms with E-state index in [9.17, 15) is 14.4 Å². The molecule has 0 aliphatic rings. The molecule has 0 aromatic carbocycles. The molecule has 0 amide bonds. The van der Waals surface area contributed by atoms with Crippen molar-refractivity contribution in [3.63, 3.8) is 0 Å². The van der Waals surface area contributed by atoms with Crippen molar-refractivity contribution in [2.24, 2.45) is 17.8 Å². The third-order valence-corrected chi connectivity index (χ3v) is 14.4. The van der Waals surface area contributed by atoms with Gasteiger partial charge in [-0.3, -0.25) is 14.4 Å². The second-order valence-electron chi connectivity index (χ2n) is 23.1. The van der Waals surface area contributed by atoms with E-state index in [1.807, 2.05) is 0 Å². The zero-order chi connectivity index (χ0) is 50.5. The maximum Gasteiger partial charge on any atom is 0.306 e. The van der Waals surface area contributed by atoms with Crippen LogP contribution in [0.2, 0.25) is 0 Å². The molecule has 0 saturated carbocycles. The number of hydrogen-bond donors (Lipinski definition) is 0. The Morgan fingerprint density at radius 2 is 0.420 bits per heavy atom. The van der Waals surface area contributed by atoms with Gasteiger partial charge in [-0.2, -0.15) is 0 Å². The normalized spacial score (nSPS) is 12.1. The molecule has 0 aromatic heterocycles. The van der Waals surface area contributed by atoms with Crippen molar-refractivity contribution in [1.29, 1.82) is 0 Å². The van der Waals surface area contributed by atoms with Gasteiger partial charge in [0.25, 0.3) is 0 Å². The Labute approximate surface area is 431 Å². The van der Waals surface area contributed by atoms with Crippen molar-refractivity contribution in [1.82, 2.24) is 0 Å². The SMILES string of the molecule is CC(C)CCCCCCCCCCCCCCCCCCC(=O)OC[C@@H](COC(=O)CCCCCCCCCCCCC(C)C)OC(=O)CCCCCCCCCCCCCCCCCCC(C)C. The number of rotatable bonds is 56. The Bertz CT molecular complexity index is 1070. The fourth-order valence-corrected chi connectivity index (χ4v) is 9.71. The van der Waals surface area contributed by atoms with Crippen LogP contribution < -0.4 is 0 Å². The Kier molecular flexibility index (Phi) is 52.9. The molecule has 0 aliphatic heterocycles. The van der Waals surface area contributed by atoms with Gasteiger partial charge in [-0.05, 0) is 37.0 Å². The van der Waals surface area contributed by atoms with Gasteiger partial charge in [-0.25, -0.2) is 0 Å². The van der Waals surface area contributed by atoms with Crippen LogP contribution in [0.5, 0.6) is 0 Å². The monoisotopic (exact) mass is 975 g/mol. The highest BCUT2D eigenvalue weighted by Crippen LogP contribution is 2.19. The van der Waals surface area contributed by atoms with Crippen LogP contribution in [0.3, 0.4) is 0 Å². The highest BCUT2D eigenvalue weighted by atomic mass is 16.6. The van der Waals surface area contributed by atoms with Gasteiger partial charge in [0.15, 0.2) is 6.10 Å². The lowest BCUT2D eigenvalue weighted by Crippen LogP contribution is -2.30. The average Bonchev–Trinajstić information content (AvgIpc) is 3.31. The van der Waals surface area contributed by atoms with Crippen molar-refractivity contribution in [2.75, 3.05) is 13.2 Å². The quantitative estimate of drug-likeness (QED) is 0.0343. The number of carbonyl (C=O) groups excluding carboxylic acids is 3. The third kappa shape index (κ3) is 57.2. The highest BCUT2D eigenvalue weighted by Gasteiger charge is 2.19. The van der Waals surface area contributed by atoms with Crippen LogP contribution in [0.15, 0.2) is 0 Å². The van der Waals surface area contributed by atoms with Crippen LogP contribution in [0.25, 0.3) is 0 Å². The first-order chi connectivity index (χ1) is 33.6. The summed E-state index contributed by atoms with van der Waals surface area (Å²) in [7, 11) is 0. The number of hydrogen-bond acceptors (Lipinski definition) is 6. The molecule has 0 N–H and O–H groups in total. The summed E-state index contributed by atoms with van der Waals surface area (Å²) >= 11 is 0. The van der Waals surface area contributed by atoms with E-state index in [1.165, 1.54) is 231 Å². The Morgan fingerprint density at radius 1 is 0.246 bits per heavy atom. The van der Waals surface area contributed by atoms with E-state index in [0.29, 0.717) is 19.3 Å². The number of unbranched alkanes of at least 4 members (excludes halogenated alkanes) is 39. The molecule has 0 radical (unpaired) electrons. The first-order valence-corrected chi connectivity index (χ1v) is 31.1. The molecule has 0 fully saturated rings. The lowest BCUT2D eigenvalue weighted by Gasteiger charge is -2.18. The van der Waals surface area contributed by atoms with Crippen LogP contribution >= 0.6 is 0 Å². The maximum atomic E-state index is 12.9. The van der Waals surface area contributed by atoms with Crippen molar-refractivity contribution in [3.8, 4) is 0 Å². The van der Waals surface area contributed by atoms with Gasteiger partial charge in [-0.1, -0.05) is 311 Å². The number of esters is 3. The summed E-state index contributed by atoms with van der Waals surface area (Å²) in [4.78, 5) is 38.2. The number of carbonyl (C=O) groups is 3. The lowest BCUT2D eigenvalue weighted by molar-refractivity contribution is -0.167. The van der Waals surface area contributed by atoms with Gasteiger partial charge >= 0.3 is 17.9 Å². The Balaban J connectivity index is 4.27. The largest absolute Gasteiger partial charge is 0.462 e. The average molecular weight is 976 g/mol. The molecule has 0 unspecified atom stereocenters. The molecule has 0 rings (SSSR count). The minimum Gasteiger partial charge on any atom is -0.462 e. The highest BCUT2D eigenvalue weighted by molar-refractivity contribution is 5.71.